The summed E-state index contributed by atoms with van der Waals surface area (Å²) in [5.41, 5.74) is 5.41. The molecule has 1 unspecified atom stereocenters. The monoisotopic (exact) mass is 236 g/mol. The lowest BCUT2D eigenvalue weighted by molar-refractivity contribution is 0.0634. The summed E-state index contributed by atoms with van der Waals surface area (Å²) in [6.45, 7) is 1.34. The molecule has 1 heterocycles. The van der Waals surface area contributed by atoms with E-state index >= 15 is 0 Å². The van der Waals surface area contributed by atoms with Crippen LogP contribution in [-0.2, 0) is 6.42 Å². The van der Waals surface area contributed by atoms with Gasteiger partial charge in [-0.25, -0.2) is 8.78 Å². The summed E-state index contributed by atoms with van der Waals surface area (Å²) >= 11 is 0. The van der Waals surface area contributed by atoms with Gasteiger partial charge in [0.05, 0.1) is 11.1 Å². The van der Waals surface area contributed by atoms with Crippen LogP contribution in [0.1, 0.15) is 12.6 Å². The Morgan fingerprint density at radius 1 is 1.24 bits per heavy atom. The zero-order chi connectivity index (χ0) is 12.5. The Labute approximate surface area is 98.5 Å². The minimum absolute atomic E-state index is 0.0650. The van der Waals surface area contributed by atoms with E-state index in [0.717, 1.165) is 10.9 Å². The summed E-state index contributed by atoms with van der Waals surface area (Å²) in [6.07, 6.45) is -2.49. The first kappa shape index (κ1) is 11.9. The van der Waals surface area contributed by atoms with Gasteiger partial charge in [0.15, 0.2) is 0 Å². The summed E-state index contributed by atoms with van der Waals surface area (Å²) in [5, 5.41) is 0.993. The fourth-order valence-corrected chi connectivity index (χ4v) is 1.67. The van der Waals surface area contributed by atoms with Crippen molar-refractivity contribution in [3.05, 3.63) is 42.1 Å². The van der Waals surface area contributed by atoms with Gasteiger partial charge in [-0.2, -0.15) is 0 Å². The fourth-order valence-electron chi connectivity index (χ4n) is 1.67. The van der Waals surface area contributed by atoms with Crippen LogP contribution in [0.4, 0.5) is 8.78 Å². The van der Waals surface area contributed by atoms with Crippen LogP contribution in [0.5, 0.6) is 0 Å². The van der Waals surface area contributed by atoms with Crippen LogP contribution in [0, 0.1) is 0 Å². The van der Waals surface area contributed by atoms with Gasteiger partial charge >= 0.3 is 0 Å². The molecule has 0 saturated heterocycles. The lowest BCUT2D eigenvalue weighted by Crippen LogP contribution is -2.46. The van der Waals surface area contributed by atoms with Gasteiger partial charge in [0, 0.05) is 17.5 Å². The van der Waals surface area contributed by atoms with Crippen molar-refractivity contribution in [1.82, 2.24) is 4.98 Å². The van der Waals surface area contributed by atoms with Gasteiger partial charge in [-0.05, 0) is 19.1 Å². The molecule has 0 spiro atoms. The highest BCUT2D eigenvalue weighted by atomic mass is 19.3. The van der Waals surface area contributed by atoms with Gasteiger partial charge in [0.25, 0.3) is 6.43 Å². The van der Waals surface area contributed by atoms with E-state index in [0.29, 0.717) is 5.69 Å². The highest BCUT2D eigenvalue weighted by molar-refractivity contribution is 5.78. The Bertz CT molecular complexity index is 524. The SMILES string of the molecule is CC(N)(Cc1ccc2ccccc2n1)C(F)F. The van der Waals surface area contributed by atoms with Crippen LogP contribution < -0.4 is 5.73 Å². The van der Waals surface area contributed by atoms with Crippen LogP contribution in [0.15, 0.2) is 36.4 Å². The normalized spacial score (nSPS) is 15.1. The maximum Gasteiger partial charge on any atom is 0.256 e. The highest BCUT2D eigenvalue weighted by Gasteiger charge is 2.30. The molecule has 0 amide bonds. The molecule has 4 heteroatoms. The number of pyridine rings is 1. The number of alkyl halides is 2. The second-order valence-electron chi connectivity index (χ2n) is 4.48. The van der Waals surface area contributed by atoms with Crippen molar-refractivity contribution in [2.45, 2.75) is 25.3 Å². The number of para-hydroxylation sites is 1. The number of nitrogens with two attached hydrogens (primary N) is 1. The van der Waals surface area contributed by atoms with Gasteiger partial charge < -0.3 is 5.73 Å². The van der Waals surface area contributed by atoms with E-state index in [1.807, 2.05) is 30.3 Å². The van der Waals surface area contributed by atoms with E-state index in [2.05, 4.69) is 4.98 Å². The Morgan fingerprint density at radius 2 is 1.94 bits per heavy atom. The van der Waals surface area contributed by atoms with Crippen LogP contribution in [0.25, 0.3) is 10.9 Å². The Hall–Kier alpha value is -1.55. The summed E-state index contributed by atoms with van der Waals surface area (Å²) in [6, 6.07) is 11.2. The van der Waals surface area contributed by atoms with Gasteiger partial charge in [0.2, 0.25) is 0 Å². The second kappa shape index (κ2) is 4.37. The Balaban J connectivity index is 2.31. The third kappa shape index (κ3) is 2.58. The zero-order valence-electron chi connectivity index (χ0n) is 9.53. The second-order valence-corrected chi connectivity index (χ2v) is 4.48. The predicted octanol–water partition coefficient (Wildman–Crippen LogP) is 2.76. The van der Waals surface area contributed by atoms with Gasteiger partial charge in [-0.1, -0.05) is 24.3 Å². The third-order valence-corrected chi connectivity index (χ3v) is 2.72. The number of aromatic nitrogens is 1. The molecule has 0 saturated carbocycles. The molecule has 2 nitrogen and oxygen atoms in total. The van der Waals surface area contributed by atoms with Crippen molar-refractivity contribution in [3.63, 3.8) is 0 Å². The van der Waals surface area contributed by atoms with Crippen molar-refractivity contribution < 1.29 is 8.78 Å². The topological polar surface area (TPSA) is 38.9 Å². The number of hydrogen-bond acceptors (Lipinski definition) is 2. The van der Waals surface area contributed by atoms with Crippen molar-refractivity contribution >= 4 is 10.9 Å². The highest BCUT2D eigenvalue weighted by Crippen LogP contribution is 2.19. The third-order valence-electron chi connectivity index (χ3n) is 2.72. The first-order chi connectivity index (χ1) is 7.99. The zero-order valence-corrected chi connectivity index (χ0v) is 9.53. The molecule has 2 N–H and O–H groups in total. The van der Waals surface area contributed by atoms with E-state index in [-0.39, 0.29) is 6.42 Å². The fraction of sp³-hybridized carbons (Fsp3) is 0.308. The van der Waals surface area contributed by atoms with Crippen LogP contribution in [-0.4, -0.2) is 16.9 Å². The molecule has 0 aliphatic rings. The number of fused-ring (bicyclic) bond motifs is 1. The van der Waals surface area contributed by atoms with Crippen molar-refractivity contribution in [1.29, 1.82) is 0 Å². The molecule has 1 aromatic carbocycles. The average Bonchev–Trinajstić information content (AvgIpc) is 2.28. The number of nitrogens with zero attached hydrogens (tertiary/aromatic N) is 1. The number of hydrogen-bond donors (Lipinski definition) is 1. The van der Waals surface area contributed by atoms with Crippen molar-refractivity contribution in [2.75, 3.05) is 0 Å². The van der Waals surface area contributed by atoms with Gasteiger partial charge in [-0.3, -0.25) is 4.98 Å². The molecule has 90 valence electrons. The number of halogens is 2. The van der Waals surface area contributed by atoms with Crippen LogP contribution >= 0.6 is 0 Å². The summed E-state index contributed by atoms with van der Waals surface area (Å²) in [4.78, 5) is 4.33. The molecule has 17 heavy (non-hydrogen) atoms. The molecular weight excluding hydrogens is 222 g/mol. The van der Waals surface area contributed by atoms with Crippen molar-refractivity contribution in [2.24, 2.45) is 5.73 Å². The van der Waals surface area contributed by atoms with E-state index in [4.69, 9.17) is 5.73 Å². The summed E-state index contributed by atoms with van der Waals surface area (Å²) in [5.74, 6) is 0. The molecule has 2 rings (SSSR count). The average molecular weight is 236 g/mol. The minimum Gasteiger partial charge on any atom is -0.320 e. The molecular formula is C13H14F2N2. The molecule has 0 aliphatic carbocycles. The van der Waals surface area contributed by atoms with Gasteiger partial charge in [0.1, 0.15) is 0 Å². The Morgan fingerprint density at radius 3 is 2.65 bits per heavy atom. The lowest BCUT2D eigenvalue weighted by atomic mass is 9.97. The minimum atomic E-state index is -2.56. The summed E-state index contributed by atoms with van der Waals surface area (Å²) in [7, 11) is 0. The molecule has 1 aromatic heterocycles. The van der Waals surface area contributed by atoms with E-state index in [9.17, 15) is 8.78 Å². The molecule has 1 atom stereocenters. The smallest absolute Gasteiger partial charge is 0.256 e. The maximum atomic E-state index is 12.7. The standard InChI is InChI=1S/C13H14F2N2/c1-13(16,12(14)15)8-10-7-6-9-4-2-3-5-11(9)17-10/h2-7,12H,8,16H2,1H3. The Kier molecular flexibility index (Phi) is 3.07. The molecule has 0 fully saturated rings. The largest absolute Gasteiger partial charge is 0.320 e. The van der Waals surface area contributed by atoms with E-state index in [1.165, 1.54) is 6.92 Å². The first-order valence-corrected chi connectivity index (χ1v) is 5.41. The first-order valence-electron chi connectivity index (χ1n) is 5.41. The molecule has 0 bridgehead atoms. The van der Waals surface area contributed by atoms with Gasteiger partial charge in [-0.15, -0.1) is 0 Å². The van der Waals surface area contributed by atoms with E-state index < -0.39 is 12.0 Å². The molecule has 0 aliphatic heterocycles. The van der Waals surface area contributed by atoms with Crippen LogP contribution in [0.3, 0.4) is 0 Å². The molecule has 0 radical (unpaired) electrons. The van der Waals surface area contributed by atoms with E-state index in [1.54, 1.807) is 6.07 Å². The lowest BCUT2D eigenvalue weighted by Gasteiger charge is -2.22. The number of rotatable bonds is 3. The van der Waals surface area contributed by atoms with Crippen molar-refractivity contribution in [3.8, 4) is 0 Å². The molecule has 2 aromatic rings. The number of benzene rings is 1. The maximum absolute atomic E-state index is 12.7. The summed E-state index contributed by atoms with van der Waals surface area (Å²) < 4.78 is 25.3. The van der Waals surface area contributed by atoms with Crippen LogP contribution in [0.2, 0.25) is 0 Å². The predicted molar refractivity (Wildman–Crippen MR) is 64.0 cm³/mol. The quantitative estimate of drug-likeness (QED) is 0.890.